The quantitative estimate of drug-likeness (QED) is 0.805. The molecule has 1 aromatic rings. The van der Waals surface area contributed by atoms with Gasteiger partial charge in [0.1, 0.15) is 5.92 Å². The van der Waals surface area contributed by atoms with Crippen LogP contribution in [0.1, 0.15) is 5.56 Å². The molecule has 2 rings (SSSR count). The Kier molecular flexibility index (Phi) is 2.69. The molecule has 0 bridgehead atoms. The summed E-state index contributed by atoms with van der Waals surface area (Å²) in [4.78, 5) is 15.2. The fourth-order valence-corrected chi connectivity index (χ4v) is 2.06. The van der Waals surface area contributed by atoms with Crippen LogP contribution < -0.4 is 0 Å². The zero-order valence-electron chi connectivity index (χ0n) is 8.55. The van der Waals surface area contributed by atoms with Crippen molar-refractivity contribution in [2.45, 2.75) is 5.06 Å². The third-order valence-electron chi connectivity index (χ3n) is 2.60. The minimum Gasteiger partial charge on any atom is -0.481 e. The SMILES string of the molecule is COC1(Cl)c2ccccc2N=CC1C(=O)O. The number of ether oxygens (including phenoxy) is 1. The highest BCUT2D eigenvalue weighted by molar-refractivity contribution is 6.27. The van der Waals surface area contributed by atoms with E-state index in [0.717, 1.165) is 0 Å². The molecule has 84 valence electrons. The average Bonchev–Trinajstić information content (AvgIpc) is 2.29. The van der Waals surface area contributed by atoms with E-state index in [-0.39, 0.29) is 0 Å². The van der Waals surface area contributed by atoms with Crippen LogP contribution in [0, 0.1) is 5.92 Å². The highest BCUT2D eigenvalue weighted by atomic mass is 35.5. The van der Waals surface area contributed by atoms with E-state index < -0.39 is 16.9 Å². The number of hydrogen-bond donors (Lipinski definition) is 1. The Bertz CT molecular complexity index is 460. The topological polar surface area (TPSA) is 58.9 Å². The number of nitrogens with zero attached hydrogens (tertiary/aromatic N) is 1. The van der Waals surface area contributed by atoms with Crippen LogP contribution in [-0.4, -0.2) is 24.4 Å². The second-order valence-electron chi connectivity index (χ2n) is 3.46. The molecule has 0 aromatic heterocycles. The maximum absolute atomic E-state index is 11.1. The predicted molar refractivity (Wildman–Crippen MR) is 60.3 cm³/mol. The summed E-state index contributed by atoms with van der Waals surface area (Å²) in [6, 6.07) is 7.07. The summed E-state index contributed by atoms with van der Waals surface area (Å²) in [5.41, 5.74) is 1.21. The van der Waals surface area contributed by atoms with Crippen molar-refractivity contribution in [1.29, 1.82) is 0 Å². The summed E-state index contributed by atoms with van der Waals surface area (Å²) in [5.74, 6) is -2.05. The molecular weight excluding hydrogens is 230 g/mol. The third kappa shape index (κ3) is 1.50. The van der Waals surface area contributed by atoms with Gasteiger partial charge in [0.25, 0.3) is 0 Å². The standard InChI is InChI=1S/C11H10ClNO3/c1-16-11(12)7-4-2-3-5-9(7)13-6-8(11)10(14)15/h2-6,8H,1H3,(H,14,15). The summed E-state index contributed by atoms with van der Waals surface area (Å²) < 4.78 is 5.17. The molecule has 1 aliphatic heterocycles. The number of aliphatic carboxylic acids is 1. The van der Waals surface area contributed by atoms with Gasteiger partial charge in [0, 0.05) is 18.9 Å². The summed E-state index contributed by atoms with van der Waals surface area (Å²) in [6.07, 6.45) is 1.31. The minimum absolute atomic E-state index is 0.578. The molecule has 0 spiro atoms. The number of para-hydroxylation sites is 1. The van der Waals surface area contributed by atoms with Crippen LogP contribution in [0.15, 0.2) is 29.3 Å². The van der Waals surface area contributed by atoms with E-state index in [1.165, 1.54) is 13.3 Å². The van der Waals surface area contributed by atoms with E-state index in [4.69, 9.17) is 21.4 Å². The van der Waals surface area contributed by atoms with Crippen LogP contribution in [0.5, 0.6) is 0 Å². The smallest absolute Gasteiger partial charge is 0.316 e. The molecule has 1 aliphatic rings. The monoisotopic (exact) mass is 239 g/mol. The minimum atomic E-state index is -1.38. The van der Waals surface area contributed by atoms with Crippen LogP contribution in [0.4, 0.5) is 5.69 Å². The van der Waals surface area contributed by atoms with Crippen LogP contribution >= 0.6 is 11.6 Å². The van der Waals surface area contributed by atoms with Gasteiger partial charge in [0.05, 0.1) is 5.69 Å². The lowest BCUT2D eigenvalue weighted by atomic mass is 9.92. The van der Waals surface area contributed by atoms with Gasteiger partial charge < -0.3 is 9.84 Å². The Labute approximate surface area is 97.5 Å². The molecule has 1 N–H and O–H groups in total. The molecule has 0 saturated heterocycles. The van der Waals surface area contributed by atoms with Crippen molar-refractivity contribution in [2.75, 3.05) is 7.11 Å². The Morgan fingerprint density at radius 2 is 2.25 bits per heavy atom. The van der Waals surface area contributed by atoms with Crippen molar-refractivity contribution in [3.05, 3.63) is 29.8 Å². The van der Waals surface area contributed by atoms with Gasteiger partial charge in [0.15, 0.2) is 5.06 Å². The van der Waals surface area contributed by atoms with Gasteiger partial charge in [-0.25, -0.2) is 0 Å². The Morgan fingerprint density at radius 1 is 1.56 bits per heavy atom. The highest BCUT2D eigenvalue weighted by Crippen LogP contribution is 2.44. The van der Waals surface area contributed by atoms with Crippen molar-refractivity contribution >= 4 is 29.5 Å². The first kappa shape index (κ1) is 11.1. The molecule has 0 aliphatic carbocycles. The third-order valence-corrected chi connectivity index (χ3v) is 3.19. The van der Waals surface area contributed by atoms with Gasteiger partial charge in [0.2, 0.25) is 0 Å². The van der Waals surface area contributed by atoms with Crippen LogP contribution in [-0.2, 0) is 14.6 Å². The van der Waals surface area contributed by atoms with Crippen molar-refractivity contribution in [1.82, 2.24) is 0 Å². The molecule has 1 heterocycles. The molecule has 2 unspecified atom stereocenters. The number of benzene rings is 1. The molecule has 0 radical (unpaired) electrons. The van der Waals surface area contributed by atoms with E-state index in [0.29, 0.717) is 11.3 Å². The van der Waals surface area contributed by atoms with Crippen molar-refractivity contribution in [2.24, 2.45) is 10.9 Å². The van der Waals surface area contributed by atoms with E-state index >= 15 is 0 Å². The number of alkyl halides is 1. The second-order valence-corrected chi connectivity index (χ2v) is 4.02. The molecule has 5 heteroatoms. The lowest BCUT2D eigenvalue weighted by Crippen LogP contribution is -2.39. The zero-order chi connectivity index (χ0) is 11.8. The van der Waals surface area contributed by atoms with Crippen molar-refractivity contribution in [3.63, 3.8) is 0 Å². The van der Waals surface area contributed by atoms with Crippen molar-refractivity contribution < 1.29 is 14.6 Å². The molecule has 0 saturated carbocycles. The second kappa shape index (κ2) is 3.88. The number of halogens is 1. The van der Waals surface area contributed by atoms with Gasteiger partial charge in [-0.2, -0.15) is 0 Å². The number of carboxylic acid groups (broad SMARTS) is 1. The Balaban J connectivity index is 2.59. The highest BCUT2D eigenvalue weighted by Gasteiger charge is 2.46. The first-order valence-corrected chi connectivity index (χ1v) is 5.08. The van der Waals surface area contributed by atoms with Gasteiger partial charge in [-0.1, -0.05) is 29.8 Å². The van der Waals surface area contributed by atoms with E-state index in [1.54, 1.807) is 18.2 Å². The van der Waals surface area contributed by atoms with E-state index in [2.05, 4.69) is 4.99 Å². The number of hydrogen-bond acceptors (Lipinski definition) is 3. The molecular formula is C11H10ClNO3. The molecule has 4 nitrogen and oxygen atoms in total. The summed E-state index contributed by atoms with van der Waals surface area (Å²) >= 11 is 6.26. The lowest BCUT2D eigenvalue weighted by Gasteiger charge is -2.33. The largest absolute Gasteiger partial charge is 0.481 e. The molecule has 1 aromatic carbocycles. The van der Waals surface area contributed by atoms with Crippen LogP contribution in [0.3, 0.4) is 0 Å². The molecule has 0 fully saturated rings. The number of carbonyl (C=O) groups is 1. The van der Waals surface area contributed by atoms with Crippen LogP contribution in [0.2, 0.25) is 0 Å². The number of fused-ring (bicyclic) bond motifs is 1. The average molecular weight is 240 g/mol. The van der Waals surface area contributed by atoms with Crippen LogP contribution in [0.25, 0.3) is 0 Å². The van der Waals surface area contributed by atoms with Gasteiger partial charge in [-0.3, -0.25) is 9.79 Å². The normalized spacial score (nSPS) is 27.5. The predicted octanol–water partition coefficient (Wildman–Crippen LogP) is 2.14. The maximum Gasteiger partial charge on any atom is 0.316 e. The van der Waals surface area contributed by atoms with Gasteiger partial charge >= 0.3 is 5.97 Å². The fourth-order valence-electron chi connectivity index (χ4n) is 1.75. The summed E-state index contributed by atoms with van der Waals surface area (Å²) in [7, 11) is 1.39. The Hall–Kier alpha value is -1.39. The lowest BCUT2D eigenvalue weighted by molar-refractivity contribution is -0.145. The van der Waals surface area contributed by atoms with Crippen molar-refractivity contribution in [3.8, 4) is 0 Å². The summed E-state index contributed by atoms with van der Waals surface area (Å²) in [5, 5.41) is 7.69. The van der Waals surface area contributed by atoms with E-state index in [9.17, 15) is 4.79 Å². The number of rotatable bonds is 2. The first-order valence-electron chi connectivity index (χ1n) is 4.70. The number of aliphatic imine (C=N–C) groups is 1. The Morgan fingerprint density at radius 3 is 2.88 bits per heavy atom. The maximum atomic E-state index is 11.1. The molecule has 2 atom stereocenters. The van der Waals surface area contributed by atoms with Gasteiger partial charge in [-0.15, -0.1) is 0 Å². The van der Waals surface area contributed by atoms with E-state index in [1.807, 2.05) is 6.07 Å². The first-order chi connectivity index (χ1) is 7.59. The number of methoxy groups -OCH3 is 1. The summed E-state index contributed by atoms with van der Waals surface area (Å²) in [6.45, 7) is 0. The number of carboxylic acids is 1. The fraction of sp³-hybridized carbons (Fsp3) is 0.273. The molecule has 0 amide bonds. The zero-order valence-corrected chi connectivity index (χ0v) is 9.31. The molecule has 16 heavy (non-hydrogen) atoms. The van der Waals surface area contributed by atoms with Gasteiger partial charge in [-0.05, 0) is 6.07 Å².